The van der Waals surface area contributed by atoms with Gasteiger partial charge in [0.25, 0.3) is 0 Å². The summed E-state index contributed by atoms with van der Waals surface area (Å²) >= 11 is 0. The van der Waals surface area contributed by atoms with Crippen LogP contribution in [-0.4, -0.2) is 32.8 Å². The molecule has 1 aromatic carbocycles. The first-order chi connectivity index (χ1) is 9.69. The lowest BCUT2D eigenvalue weighted by Crippen LogP contribution is -2.20. The first-order valence-corrected chi connectivity index (χ1v) is 6.17. The van der Waals surface area contributed by atoms with Gasteiger partial charge in [-0.25, -0.2) is 9.97 Å². The van der Waals surface area contributed by atoms with Gasteiger partial charge in [-0.3, -0.25) is 0 Å². The predicted octanol–water partition coefficient (Wildman–Crippen LogP) is 1.37. The molecule has 0 aliphatic rings. The Morgan fingerprint density at radius 2 is 2.20 bits per heavy atom. The van der Waals surface area contributed by atoms with E-state index in [-0.39, 0.29) is 18.4 Å². The molecule has 3 N–H and O–H groups in total. The second kappa shape index (κ2) is 6.55. The van der Waals surface area contributed by atoms with Crippen LogP contribution in [0.2, 0.25) is 0 Å². The van der Waals surface area contributed by atoms with Gasteiger partial charge >= 0.3 is 0 Å². The van der Waals surface area contributed by atoms with E-state index in [2.05, 4.69) is 27.1 Å². The second-order valence-corrected chi connectivity index (χ2v) is 4.31. The first kappa shape index (κ1) is 13.8. The number of hydrogen-bond acceptors (Lipinski definition) is 5. The summed E-state index contributed by atoms with van der Waals surface area (Å²) in [6, 6.07) is 6.59. The van der Waals surface area contributed by atoms with Crippen molar-refractivity contribution in [1.29, 1.82) is 0 Å². The van der Waals surface area contributed by atoms with Crippen LogP contribution in [0.4, 0.5) is 5.82 Å². The number of nitrogens with one attached hydrogen (secondary N) is 1. The topological polar surface area (TPSA) is 78.3 Å². The van der Waals surface area contributed by atoms with E-state index in [4.69, 9.17) is 5.11 Å². The van der Waals surface area contributed by atoms with E-state index >= 15 is 0 Å². The average Bonchev–Trinajstić information content (AvgIpc) is 2.46. The van der Waals surface area contributed by atoms with Crippen LogP contribution in [0.15, 0.2) is 36.8 Å². The SMILES string of the molecule is C[C@H](CO)Nc1ncncc1C#Cc1cccc(O)c1. The third-order valence-electron chi connectivity index (χ3n) is 2.56. The molecule has 5 nitrogen and oxygen atoms in total. The number of aromatic hydroxyl groups is 1. The molecule has 2 aromatic rings. The van der Waals surface area contributed by atoms with Gasteiger partial charge in [0.1, 0.15) is 17.9 Å². The van der Waals surface area contributed by atoms with E-state index in [1.807, 2.05) is 6.92 Å². The maximum Gasteiger partial charge on any atom is 0.145 e. The predicted molar refractivity (Wildman–Crippen MR) is 76.3 cm³/mol. The van der Waals surface area contributed by atoms with Crippen LogP contribution in [0, 0.1) is 11.8 Å². The van der Waals surface area contributed by atoms with Crippen LogP contribution in [0.1, 0.15) is 18.1 Å². The summed E-state index contributed by atoms with van der Waals surface area (Å²) in [5.41, 5.74) is 1.34. The molecule has 0 radical (unpaired) electrons. The van der Waals surface area contributed by atoms with E-state index in [1.165, 1.54) is 6.33 Å². The summed E-state index contributed by atoms with van der Waals surface area (Å²) in [6.45, 7) is 1.85. The Balaban J connectivity index is 2.26. The lowest BCUT2D eigenvalue weighted by Gasteiger charge is -2.11. The van der Waals surface area contributed by atoms with Gasteiger partial charge < -0.3 is 15.5 Å². The second-order valence-electron chi connectivity index (χ2n) is 4.31. The van der Waals surface area contributed by atoms with Crippen LogP contribution >= 0.6 is 0 Å². The molecule has 0 aliphatic carbocycles. The van der Waals surface area contributed by atoms with E-state index in [0.717, 1.165) is 0 Å². The zero-order chi connectivity index (χ0) is 14.4. The van der Waals surface area contributed by atoms with Gasteiger partial charge in [0, 0.05) is 17.8 Å². The van der Waals surface area contributed by atoms with Gasteiger partial charge in [-0.05, 0) is 25.1 Å². The number of anilines is 1. The Morgan fingerprint density at radius 1 is 1.35 bits per heavy atom. The van der Waals surface area contributed by atoms with Gasteiger partial charge in [0.15, 0.2) is 0 Å². The summed E-state index contributed by atoms with van der Waals surface area (Å²) in [6.07, 6.45) is 3.03. The molecule has 0 aliphatic heterocycles. The number of phenolic OH excluding ortho intramolecular Hbond substituents is 1. The molecule has 0 unspecified atom stereocenters. The highest BCUT2D eigenvalue weighted by Crippen LogP contribution is 2.12. The maximum absolute atomic E-state index is 9.38. The van der Waals surface area contributed by atoms with Crippen molar-refractivity contribution in [2.45, 2.75) is 13.0 Å². The molecule has 0 bridgehead atoms. The molecule has 1 heterocycles. The summed E-state index contributed by atoms with van der Waals surface area (Å²) in [4.78, 5) is 8.05. The molecule has 20 heavy (non-hydrogen) atoms. The number of nitrogens with zero attached hydrogens (tertiary/aromatic N) is 2. The third-order valence-corrected chi connectivity index (χ3v) is 2.56. The minimum atomic E-state index is -0.119. The van der Waals surface area contributed by atoms with E-state index in [1.54, 1.807) is 30.5 Å². The molecule has 0 spiro atoms. The fraction of sp³-hybridized carbons (Fsp3) is 0.200. The lowest BCUT2D eigenvalue weighted by atomic mass is 10.2. The maximum atomic E-state index is 9.38. The van der Waals surface area contributed by atoms with Gasteiger partial charge in [0.05, 0.1) is 12.2 Å². The summed E-state index contributed by atoms with van der Waals surface area (Å²) in [5, 5.41) is 21.5. The first-order valence-electron chi connectivity index (χ1n) is 6.17. The van der Waals surface area contributed by atoms with Crippen LogP contribution in [0.25, 0.3) is 0 Å². The molecule has 2 rings (SSSR count). The highest BCUT2D eigenvalue weighted by Gasteiger charge is 2.05. The fourth-order valence-corrected chi connectivity index (χ4v) is 1.54. The van der Waals surface area contributed by atoms with Crippen molar-refractivity contribution in [3.63, 3.8) is 0 Å². The minimum absolute atomic E-state index is 0.00340. The van der Waals surface area contributed by atoms with Crippen molar-refractivity contribution in [3.8, 4) is 17.6 Å². The summed E-state index contributed by atoms with van der Waals surface area (Å²) < 4.78 is 0. The van der Waals surface area contributed by atoms with Gasteiger partial charge in [-0.1, -0.05) is 17.9 Å². The van der Waals surface area contributed by atoms with Crippen LogP contribution < -0.4 is 5.32 Å². The van der Waals surface area contributed by atoms with Gasteiger partial charge in [0.2, 0.25) is 0 Å². The molecule has 1 atom stereocenters. The molecule has 0 amide bonds. The molecule has 5 heteroatoms. The quantitative estimate of drug-likeness (QED) is 0.734. The lowest BCUT2D eigenvalue weighted by molar-refractivity contribution is 0.281. The van der Waals surface area contributed by atoms with E-state index in [9.17, 15) is 5.11 Å². The van der Waals surface area contributed by atoms with Crippen LogP contribution in [0.5, 0.6) is 5.75 Å². The number of phenols is 1. The smallest absolute Gasteiger partial charge is 0.145 e. The number of aliphatic hydroxyl groups is 1. The summed E-state index contributed by atoms with van der Waals surface area (Å²) in [5.74, 6) is 6.65. The van der Waals surface area contributed by atoms with Crippen molar-refractivity contribution in [1.82, 2.24) is 9.97 Å². The average molecular weight is 269 g/mol. The Hall–Kier alpha value is -2.58. The molecule has 0 fully saturated rings. The number of rotatable bonds is 3. The van der Waals surface area contributed by atoms with E-state index in [0.29, 0.717) is 16.9 Å². The highest BCUT2D eigenvalue weighted by atomic mass is 16.3. The zero-order valence-electron chi connectivity index (χ0n) is 11.0. The Kier molecular flexibility index (Phi) is 4.53. The van der Waals surface area contributed by atoms with Crippen molar-refractivity contribution in [3.05, 3.63) is 47.9 Å². The van der Waals surface area contributed by atoms with Crippen molar-refractivity contribution in [2.24, 2.45) is 0 Å². The number of benzene rings is 1. The molecule has 1 aromatic heterocycles. The Bertz CT molecular complexity index is 647. The molecular weight excluding hydrogens is 254 g/mol. The molecule has 0 saturated heterocycles. The number of aromatic nitrogens is 2. The standard InChI is InChI=1S/C15H15N3O2/c1-11(9-19)18-15-13(8-16-10-17-15)6-5-12-3-2-4-14(20)7-12/h2-4,7-8,10-11,19-20H,9H2,1H3,(H,16,17,18)/t11-/m1/s1. The number of hydrogen-bond donors (Lipinski definition) is 3. The Morgan fingerprint density at radius 3 is 2.95 bits per heavy atom. The molecular formula is C15H15N3O2. The number of aliphatic hydroxyl groups excluding tert-OH is 1. The van der Waals surface area contributed by atoms with Gasteiger partial charge in [-0.15, -0.1) is 0 Å². The van der Waals surface area contributed by atoms with Crippen LogP contribution in [-0.2, 0) is 0 Å². The molecule has 102 valence electrons. The monoisotopic (exact) mass is 269 g/mol. The summed E-state index contributed by atoms with van der Waals surface area (Å²) in [7, 11) is 0. The minimum Gasteiger partial charge on any atom is -0.508 e. The third kappa shape index (κ3) is 3.70. The van der Waals surface area contributed by atoms with Crippen LogP contribution in [0.3, 0.4) is 0 Å². The normalized spacial score (nSPS) is 11.3. The Labute approximate surface area is 117 Å². The van der Waals surface area contributed by atoms with Crippen molar-refractivity contribution in [2.75, 3.05) is 11.9 Å². The zero-order valence-corrected chi connectivity index (χ0v) is 11.0. The van der Waals surface area contributed by atoms with Crippen molar-refractivity contribution < 1.29 is 10.2 Å². The van der Waals surface area contributed by atoms with Gasteiger partial charge in [-0.2, -0.15) is 0 Å². The highest BCUT2D eigenvalue weighted by molar-refractivity contribution is 5.55. The van der Waals surface area contributed by atoms with E-state index < -0.39 is 0 Å². The largest absolute Gasteiger partial charge is 0.508 e. The fourth-order valence-electron chi connectivity index (χ4n) is 1.54. The molecule has 0 saturated carbocycles. The van der Waals surface area contributed by atoms with Crippen molar-refractivity contribution >= 4 is 5.82 Å².